The Bertz CT molecular complexity index is 674. The van der Waals surface area contributed by atoms with Crippen LogP contribution in [0.3, 0.4) is 0 Å². The maximum atomic E-state index is 11.1. The topological polar surface area (TPSA) is 53.4 Å². The lowest BCUT2D eigenvalue weighted by molar-refractivity contribution is -0.143. The molecule has 0 aliphatic carbocycles. The lowest BCUT2D eigenvalue weighted by atomic mass is 9.98. The molecule has 3 rings (SSSR count). The Morgan fingerprint density at radius 2 is 2.27 bits per heavy atom. The van der Waals surface area contributed by atoms with Gasteiger partial charge in [-0.15, -0.1) is 11.3 Å². The molecule has 0 amide bonds. The van der Waals surface area contributed by atoms with Gasteiger partial charge in [0.2, 0.25) is 0 Å². The van der Waals surface area contributed by atoms with Crippen molar-refractivity contribution < 1.29 is 9.90 Å². The Balaban J connectivity index is 1.70. The van der Waals surface area contributed by atoms with Gasteiger partial charge < -0.3 is 5.11 Å². The molecule has 1 atom stereocenters. The smallest absolute Gasteiger partial charge is 0.307 e. The van der Waals surface area contributed by atoms with Gasteiger partial charge in [0.15, 0.2) is 0 Å². The Morgan fingerprint density at radius 3 is 3.05 bits per heavy atom. The van der Waals surface area contributed by atoms with E-state index in [0.717, 1.165) is 35.7 Å². The fourth-order valence-electron chi connectivity index (χ4n) is 2.77. The third-order valence-corrected chi connectivity index (χ3v) is 5.08. The summed E-state index contributed by atoms with van der Waals surface area (Å²) in [4.78, 5) is 18.0. The van der Waals surface area contributed by atoms with Crippen molar-refractivity contribution in [2.75, 3.05) is 13.1 Å². The first-order valence-corrected chi connectivity index (χ1v) is 8.53. The van der Waals surface area contributed by atoms with E-state index < -0.39 is 5.97 Å². The highest BCUT2D eigenvalue weighted by atomic mass is 35.5. The van der Waals surface area contributed by atoms with Gasteiger partial charge in [0.05, 0.1) is 18.2 Å². The number of likely N-dealkylation sites (tertiary alicyclic amines) is 1. The van der Waals surface area contributed by atoms with Gasteiger partial charge in [-0.25, -0.2) is 4.98 Å². The average molecular weight is 337 g/mol. The number of hydrogen-bond donors (Lipinski definition) is 1. The van der Waals surface area contributed by atoms with Gasteiger partial charge in [0.25, 0.3) is 0 Å². The van der Waals surface area contributed by atoms with Crippen molar-refractivity contribution in [3.05, 3.63) is 39.7 Å². The quantitative estimate of drug-likeness (QED) is 0.923. The number of carbonyl (C=O) groups is 1. The molecule has 6 heteroatoms. The summed E-state index contributed by atoms with van der Waals surface area (Å²) in [6.45, 7) is 2.25. The number of carboxylic acids is 1. The maximum absolute atomic E-state index is 11.1. The number of carboxylic acid groups (broad SMARTS) is 1. The molecule has 1 aromatic heterocycles. The lowest BCUT2D eigenvalue weighted by Gasteiger charge is -2.29. The zero-order chi connectivity index (χ0) is 15.5. The van der Waals surface area contributed by atoms with Crippen molar-refractivity contribution in [2.24, 2.45) is 5.92 Å². The van der Waals surface area contributed by atoms with E-state index in [4.69, 9.17) is 16.7 Å². The molecule has 22 heavy (non-hydrogen) atoms. The number of rotatable bonds is 4. The van der Waals surface area contributed by atoms with E-state index in [2.05, 4.69) is 9.88 Å². The first kappa shape index (κ1) is 15.5. The number of thiazole rings is 1. The molecular weight excluding hydrogens is 320 g/mol. The van der Waals surface area contributed by atoms with Crippen LogP contribution in [0.2, 0.25) is 5.02 Å². The summed E-state index contributed by atoms with van der Waals surface area (Å²) in [6, 6.07) is 7.67. The van der Waals surface area contributed by atoms with Gasteiger partial charge in [0, 0.05) is 22.5 Å². The second-order valence-corrected chi connectivity index (χ2v) is 6.87. The first-order valence-electron chi connectivity index (χ1n) is 7.28. The van der Waals surface area contributed by atoms with Crippen LogP contribution in [-0.4, -0.2) is 34.0 Å². The highest BCUT2D eigenvalue weighted by molar-refractivity contribution is 7.09. The third-order valence-electron chi connectivity index (χ3n) is 3.92. The third kappa shape index (κ3) is 3.48. The van der Waals surface area contributed by atoms with Crippen molar-refractivity contribution >= 4 is 28.9 Å². The Kier molecular flexibility index (Phi) is 4.76. The van der Waals surface area contributed by atoms with Gasteiger partial charge in [-0.3, -0.25) is 9.69 Å². The second-order valence-electron chi connectivity index (χ2n) is 5.52. The maximum Gasteiger partial charge on any atom is 0.307 e. The van der Waals surface area contributed by atoms with Gasteiger partial charge >= 0.3 is 5.97 Å². The summed E-state index contributed by atoms with van der Waals surface area (Å²) in [7, 11) is 0. The van der Waals surface area contributed by atoms with Gasteiger partial charge in [-0.2, -0.15) is 0 Å². The number of hydrogen-bond acceptors (Lipinski definition) is 4. The summed E-state index contributed by atoms with van der Waals surface area (Å²) in [5.74, 6) is -0.947. The summed E-state index contributed by atoms with van der Waals surface area (Å²) >= 11 is 7.80. The average Bonchev–Trinajstić information content (AvgIpc) is 2.96. The minimum absolute atomic E-state index is 0.253. The SMILES string of the molecule is O=C(O)[C@H]1CCCN(Cc2nc(-c3ccccc3Cl)cs2)C1. The van der Waals surface area contributed by atoms with E-state index in [1.165, 1.54) is 0 Å². The van der Waals surface area contributed by atoms with E-state index in [-0.39, 0.29) is 5.92 Å². The molecule has 0 bridgehead atoms. The predicted octanol–water partition coefficient (Wildman–Crippen LogP) is 3.76. The fraction of sp³-hybridized carbons (Fsp3) is 0.375. The van der Waals surface area contributed by atoms with Crippen molar-refractivity contribution in [1.29, 1.82) is 0 Å². The fourth-order valence-corrected chi connectivity index (χ4v) is 3.84. The van der Waals surface area contributed by atoms with E-state index >= 15 is 0 Å². The van der Waals surface area contributed by atoms with Crippen LogP contribution in [0.1, 0.15) is 17.8 Å². The Morgan fingerprint density at radius 1 is 1.45 bits per heavy atom. The van der Waals surface area contributed by atoms with Crippen LogP contribution in [0, 0.1) is 5.92 Å². The summed E-state index contributed by atoms with van der Waals surface area (Å²) < 4.78 is 0. The second kappa shape index (κ2) is 6.77. The normalized spacial score (nSPS) is 19.2. The van der Waals surface area contributed by atoms with Crippen molar-refractivity contribution in [3.63, 3.8) is 0 Å². The van der Waals surface area contributed by atoms with Crippen LogP contribution in [0.25, 0.3) is 11.3 Å². The van der Waals surface area contributed by atoms with Crippen molar-refractivity contribution in [3.8, 4) is 11.3 Å². The number of aromatic nitrogens is 1. The van der Waals surface area contributed by atoms with E-state index in [1.54, 1.807) is 11.3 Å². The minimum Gasteiger partial charge on any atom is -0.481 e. The summed E-state index contributed by atoms with van der Waals surface area (Å²) in [5, 5.41) is 12.9. The molecule has 116 valence electrons. The van der Waals surface area contributed by atoms with E-state index in [9.17, 15) is 4.79 Å². The van der Waals surface area contributed by atoms with Crippen LogP contribution in [0.4, 0.5) is 0 Å². The highest BCUT2D eigenvalue weighted by Crippen LogP contribution is 2.29. The Hall–Kier alpha value is -1.43. The number of nitrogens with zero attached hydrogens (tertiary/aromatic N) is 2. The molecule has 1 aliphatic heterocycles. The molecular formula is C16H17ClN2O2S. The number of piperidine rings is 1. The summed E-state index contributed by atoms with van der Waals surface area (Å²) in [5.41, 5.74) is 1.83. The zero-order valence-corrected chi connectivity index (χ0v) is 13.6. The van der Waals surface area contributed by atoms with E-state index in [0.29, 0.717) is 18.1 Å². The van der Waals surface area contributed by atoms with Crippen LogP contribution in [0.5, 0.6) is 0 Å². The van der Waals surface area contributed by atoms with Crippen LogP contribution >= 0.6 is 22.9 Å². The minimum atomic E-state index is -0.694. The summed E-state index contributed by atoms with van der Waals surface area (Å²) in [6.07, 6.45) is 1.70. The van der Waals surface area contributed by atoms with E-state index in [1.807, 2.05) is 29.6 Å². The molecule has 1 fully saturated rings. The zero-order valence-electron chi connectivity index (χ0n) is 12.0. The molecule has 4 nitrogen and oxygen atoms in total. The molecule has 1 aliphatic rings. The molecule has 0 unspecified atom stereocenters. The van der Waals surface area contributed by atoms with Crippen molar-refractivity contribution in [1.82, 2.24) is 9.88 Å². The first-order chi connectivity index (χ1) is 10.6. The predicted molar refractivity (Wildman–Crippen MR) is 88.2 cm³/mol. The number of aliphatic carboxylic acids is 1. The molecule has 1 aromatic carbocycles. The molecule has 1 N–H and O–H groups in total. The van der Waals surface area contributed by atoms with Gasteiger partial charge in [-0.1, -0.05) is 29.8 Å². The lowest BCUT2D eigenvalue weighted by Crippen LogP contribution is -2.38. The largest absolute Gasteiger partial charge is 0.481 e. The molecule has 0 spiro atoms. The molecule has 2 aromatic rings. The molecule has 2 heterocycles. The monoisotopic (exact) mass is 336 g/mol. The molecule has 0 saturated carbocycles. The van der Waals surface area contributed by atoms with Crippen LogP contribution in [-0.2, 0) is 11.3 Å². The molecule has 0 radical (unpaired) electrons. The van der Waals surface area contributed by atoms with Crippen LogP contribution < -0.4 is 0 Å². The highest BCUT2D eigenvalue weighted by Gasteiger charge is 2.25. The Labute approximate surface area is 138 Å². The standard InChI is InChI=1S/C16H17ClN2O2S/c17-13-6-2-1-5-12(13)14-10-22-15(18-14)9-19-7-3-4-11(8-19)16(20)21/h1-2,5-6,10-11H,3-4,7-9H2,(H,20,21)/t11-/m0/s1. The molecule has 1 saturated heterocycles. The van der Waals surface area contributed by atoms with Crippen LogP contribution in [0.15, 0.2) is 29.6 Å². The number of benzene rings is 1. The number of halogens is 1. The van der Waals surface area contributed by atoms with Gasteiger partial charge in [0.1, 0.15) is 5.01 Å². The van der Waals surface area contributed by atoms with Gasteiger partial charge in [-0.05, 0) is 25.5 Å². The van der Waals surface area contributed by atoms with Crippen molar-refractivity contribution in [2.45, 2.75) is 19.4 Å².